The van der Waals surface area contributed by atoms with E-state index in [2.05, 4.69) is 32.6 Å². The van der Waals surface area contributed by atoms with Crippen LogP contribution in [0, 0.1) is 6.92 Å². The standard InChI is InChI=1S/C18H22N6O/c1-12-5-6-14(16(25)10-12)17-15-7-8-19-24(15)18(22-21-17)20-13-4-3-9-23(2)11-13/h5-8,10,13,25H,3-4,9,11H2,1-2H3,(H,20,22)/t13-/m1/s1. The van der Waals surface area contributed by atoms with Crippen molar-refractivity contribution in [1.82, 2.24) is 24.7 Å². The van der Waals surface area contributed by atoms with Crippen LogP contribution < -0.4 is 5.32 Å². The van der Waals surface area contributed by atoms with Crippen LogP contribution in [0.5, 0.6) is 5.75 Å². The Morgan fingerprint density at radius 2 is 2.12 bits per heavy atom. The summed E-state index contributed by atoms with van der Waals surface area (Å²) in [5.41, 5.74) is 3.10. The maximum atomic E-state index is 10.3. The highest BCUT2D eigenvalue weighted by atomic mass is 16.3. The average Bonchev–Trinajstić information content (AvgIpc) is 3.06. The van der Waals surface area contributed by atoms with Gasteiger partial charge in [-0.3, -0.25) is 0 Å². The molecule has 1 saturated heterocycles. The third-order valence-electron chi connectivity index (χ3n) is 4.70. The zero-order chi connectivity index (χ0) is 17.4. The van der Waals surface area contributed by atoms with Gasteiger partial charge in [-0.1, -0.05) is 6.07 Å². The largest absolute Gasteiger partial charge is 0.507 e. The highest BCUT2D eigenvalue weighted by Gasteiger charge is 2.20. The number of anilines is 1. The van der Waals surface area contributed by atoms with Crippen molar-refractivity contribution in [2.75, 3.05) is 25.5 Å². The Morgan fingerprint density at radius 3 is 2.92 bits per heavy atom. The van der Waals surface area contributed by atoms with Crippen molar-refractivity contribution in [3.05, 3.63) is 36.0 Å². The molecule has 3 heterocycles. The van der Waals surface area contributed by atoms with Crippen molar-refractivity contribution in [2.24, 2.45) is 0 Å². The predicted molar refractivity (Wildman–Crippen MR) is 96.8 cm³/mol. The Morgan fingerprint density at radius 1 is 1.24 bits per heavy atom. The van der Waals surface area contributed by atoms with Gasteiger partial charge in [0.25, 0.3) is 0 Å². The molecule has 130 valence electrons. The highest BCUT2D eigenvalue weighted by Crippen LogP contribution is 2.31. The number of hydrogen-bond acceptors (Lipinski definition) is 6. The van der Waals surface area contributed by atoms with Gasteiger partial charge in [0.2, 0.25) is 5.95 Å². The summed E-state index contributed by atoms with van der Waals surface area (Å²) in [5, 5.41) is 26.9. The number of benzene rings is 1. The highest BCUT2D eigenvalue weighted by molar-refractivity contribution is 5.80. The van der Waals surface area contributed by atoms with Crippen LogP contribution in [0.4, 0.5) is 5.95 Å². The Labute approximate surface area is 146 Å². The van der Waals surface area contributed by atoms with Crippen LogP contribution in [0.3, 0.4) is 0 Å². The number of aromatic nitrogens is 4. The summed E-state index contributed by atoms with van der Waals surface area (Å²) >= 11 is 0. The van der Waals surface area contributed by atoms with E-state index in [9.17, 15) is 5.11 Å². The number of nitrogens with one attached hydrogen (secondary N) is 1. The lowest BCUT2D eigenvalue weighted by Gasteiger charge is -2.30. The van der Waals surface area contributed by atoms with Gasteiger partial charge >= 0.3 is 0 Å². The zero-order valence-electron chi connectivity index (χ0n) is 14.5. The van der Waals surface area contributed by atoms with Crippen molar-refractivity contribution >= 4 is 11.5 Å². The maximum Gasteiger partial charge on any atom is 0.244 e. The van der Waals surface area contributed by atoms with Crippen LogP contribution in [0.1, 0.15) is 18.4 Å². The molecule has 0 unspecified atom stereocenters. The first kappa shape index (κ1) is 15.8. The summed E-state index contributed by atoms with van der Waals surface area (Å²) in [7, 11) is 2.13. The molecule has 7 nitrogen and oxygen atoms in total. The molecule has 0 radical (unpaired) electrons. The topological polar surface area (TPSA) is 78.6 Å². The van der Waals surface area contributed by atoms with Gasteiger partial charge in [0.05, 0.1) is 11.7 Å². The van der Waals surface area contributed by atoms with Crippen molar-refractivity contribution < 1.29 is 5.11 Å². The summed E-state index contributed by atoms with van der Waals surface area (Å²) in [6, 6.07) is 7.77. The lowest BCUT2D eigenvalue weighted by atomic mass is 10.1. The monoisotopic (exact) mass is 338 g/mol. The van der Waals surface area contributed by atoms with E-state index < -0.39 is 0 Å². The predicted octanol–water partition coefficient (Wildman–Crippen LogP) is 2.31. The first-order valence-corrected chi connectivity index (χ1v) is 8.57. The molecule has 25 heavy (non-hydrogen) atoms. The number of aromatic hydroxyl groups is 1. The van der Waals surface area contributed by atoms with Crippen LogP contribution in [0.25, 0.3) is 16.8 Å². The number of hydrogen-bond donors (Lipinski definition) is 2. The molecule has 0 amide bonds. The number of nitrogens with zero attached hydrogens (tertiary/aromatic N) is 5. The molecular weight excluding hydrogens is 316 g/mol. The zero-order valence-corrected chi connectivity index (χ0v) is 14.5. The first-order valence-electron chi connectivity index (χ1n) is 8.57. The quantitative estimate of drug-likeness (QED) is 0.763. The normalized spacial score (nSPS) is 18.6. The van der Waals surface area contributed by atoms with Crippen LogP contribution in [0.15, 0.2) is 30.5 Å². The van der Waals surface area contributed by atoms with E-state index in [0.717, 1.165) is 30.6 Å². The Hall–Kier alpha value is -2.67. The summed E-state index contributed by atoms with van der Waals surface area (Å²) < 4.78 is 1.76. The van der Waals surface area contributed by atoms with E-state index in [1.807, 2.05) is 25.1 Å². The van der Waals surface area contributed by atoms with E-state index >= 15 is 0 Å². The minimum absolute atomic E-state index is 0.201. The number of piperidine rings is 1. The number of phenolic OH excluding ortho intramolecular Hbond substituents is 1. The lowest BCUT2D eigenvalue weighted by Crippen LogP contribution is -2.40. The second-order valence-electron chi connectivity index (χ2n) is 6.77. The molecule has 0 aliphatic carbocycles. The van der Waals surface area contributed by atoms with Crippen molar-refractivity contribution in [3.63, 3.8) is 0 Å². The van der Waals surface area contributed by atoms with Crippen molar-refractivity contribution in [1.29, 1.82) is 0 Å². The van der Waals surface area contributed by atoms with Gasteiger partial charge in [-0.05, 0) is 57.1 Å². The summed E-state index contributed by atoms with van der Waals surface area (Å²) in [6.45, 7) is 4.05. The molecule has 0 bridgehead atoms. The lowest BCUT2D eigenvalue weighted by molar-refractivity contribution is 0.260. The van der Waals surface area contributed by atoms with Crippen molar-refractivity contribution in [3.8, 4) is 17.0 Å². The molecule has 0 saturated carbocycles. The molecule has 4 rings (SSSR count). The molecule has 2 aromatic heterocycles. The number of likely N-dealkylation sites (N-methyl/N-ethyl adjacent to an activating group) is 1. The van der Waals surface area contributed by atoms with Crippen molar-refractivity contribution in [2.45, 2.75) is 25.8 Å². The van der Waals surface area contributed by atoms with E-state index in [1.54, 1.807) is 16.8 Å². The van der Waals surface area contributed by atoms with Gasteiger partial charge in [-0.15, -0.1) is 10.2 Å². The maximum absolute atomic E-state index is 10.3. The second kappa shape index (κ2) is 6.33. The van der Waals surface area contributed by atoms with Gasteiger partial charge in [0.15, 0.2) is 0 Å². The van der Waals surface area contributed by atoms with Gasteiger partial charge in [-0.25, -0.2) is 0 Å². The van der Waals surface area contributed by atoms with Gasteiger partial charge < -0.3 is 15.3 Å². The fourth-order valence-corrected chi connectivity index (χ4v) is 3.43. The van der Waals surface area contributed by atoms with E-state index in [1.165, 1.54) is 6.42 Å². The average molecular weight is 338 g/mol. The summed E-state index contributed by atoms with van der Waals surface area (Å²) in [4.78, 5) is 2.31. The van der Waals surface area contributed by atoms with Gasteiger partial charge in [0, 0.05) is 18.2 Å². The fraction of sp³-hybridized carbons (Fsp3) is 0.389. The number of aryl methyl sites for hydroxylation is 1. The Balaban J connectivity index is 1.71. The molecule has 1 aromatic carbocycles. The molecule has 1 atom stereocenters. The molecule has 1 fully saturated rings. The molecule has 7 heteroatoms. The van der Waals surface area contributed by atoms with Gasteiger partial charge in [-0.2, -0.15) is 9.61 Å². The minimum atomic E-state index is 0.201. The molecule has 1 aliphatic heterocycles. The summed E-state index contributed by atoms with van der Waals surface area (Å²) in [6.07, 6.45) is 4.00. The third kappa shape index (κ3) is 3.02. The van der Waals surface area contributed by atoms with Crippen LogP contribution in [-0.2, 0) is 0 Å². The molecular formula is C18H22N6O. The molecule has 2 N–H and O–H groups in total. The van der Waals surface area contributed by atoms with Crippen LogP contribution in [-0.4, -0.2) is 56.0 Å². The first-order chi connectivity index (χ1) is 12.1. The van der Waals surface area contributed by atoms with E-state index in [0.29, 0.717) is 23.2 Å². The number of rotatable bonds is 3. The number of phenols is 1. The van der Waals surface area contributed by atoms with Gasteiger partial charge in [0.1, 0.15) is 11.4 Å². The third-order valence-corrected chi connectivity index (χ3v) is 4.70. The number of fused-ring (bicyclic) bond motifs is 1. The summed E-state index contributed by atoms with van der Waals surface area (Å²) in [5.74, 6) is 0.836. The Bertz CT molecular complexity index is 906. The molecule has 3 aromatic rings. The smallest absolute Gasteiger partial charge is 0.244 e. The molecule has 0 spiro atoms. The molecule has 1 aliphatic rings. The van der Waals surface area contributed by atoms with Crippen LogP contribution in [0.2, 0.25) is 0 Å². The minimum Gasteiger partial charge on any atom is -0.507 e. The Kier molecular flexibility index (Phi) is 4.01. The SMILES string of the molecule is Cc1ccc(-c2nnc(N[C@@H]3CCCN(C)C3)n3nccc23)c(O)c1. The van der Waals surface area contributed by atoms with Crippen LogP contribution >= 0.6 is 0 Å². The number of likely N-dealkylation sites (tertiary alicyclic amines) is 1. The second-order valence-corrected chi connectivity index (χ2v) is 6.77. The fourth-order valence-electron chi connectivity index (χ4n) is 3.43. The van der Waals surface area contributed by atoms with E-state index in [4.69, 9.17) is 0 Å². The van der Waals surface area contributed by atoms with E-state index in [-0.39, 0.29) is 5.75 Å².